The van der Waals surface area contributed by atoms with Gasteiger partial charge in [-0.05, 0) is 47.0 Å². The van der Waals surface area contributed by atoms with Gasteiger partial charge in [0.05, 0.1) is 12.2 Å². The Bertz CT molecular complexity index is 342. The van der Waals surface area contributed by atoms with Gasteiger partial charge in [-0.2, -0.15) is 0 Å². The van der Waals surface area contributed by atoms with Crippen LogP contribution in [0.25, 0.3) is 0 Å². The molecule has 0 aromatic rings. The van der Waals surface area contributed by atoms with Crippen molar-refractivity contribution in [2.24, 2.45) is 5.41 Å². The molecule has 1 aliphatic rings. The summed E-state index contributed by atoms with van der Waals surface area (Å²) in [5.74, 6) is 0. The smallest absolute Gasteiger partial charge is 0.410 e. The lowest BCUT2D eigenvalue weighted by molar-refractivity contribution is -0.0932. The maximum atomic E-state index is 12.0. The first-order chi connectivity index (χ1) is 9.61. The summed E-state index contributed by atoms with van der Waals surface area (Å²) in [6, 6.07) is 0. The first-order valence-corrected chi connectivity index (χ1v) is 7.56. The highest BCUT2D eigenvalue weighted by molar-refractivity contribution is 5.68. The molecule has 2 atom stereocenters. The lowest BCUT2D eigenvalue weighted by atomic mass is 9.70. The van der Waals surface area contributed by atoms with Gasteiger partial charge in [0.15, 0.2) is 0 Å². The zero-order chi connectivity index (χ0) is 16.3. The molecule has 1 aliphatic heterocycles. The maximum absolute atomic E-state index is 12.0. The summed E-state index contributed by atoms with van der Waals surface area (Å²) in [5, 5.41) is 29.1. The van der Waals surface area contributed by atoms with Crippen molar-refractivity contribution in [3.63, 3.8) is 0 Å². The predicted molar refractivity (Wildman–Crippen MR) is 78.9 cm³/mol. The van der Waals surface area contributed by atoms with Crippen LogP contribution in [-0.2, 0) is 4.74 Å². The highest BCUT2D eigenvalue weighted by atomic mass is 16.6. The number of aliphatic hydroxyl groups excluding tert-OH is 3. The number of hydrogen-bond donors (Lipinski definition) is 3. The molecule has 6 heteroatoms. The molecule has 1 rings (SSSR count). The van der Waals surface area contributed by atoms with E-state index in [-0.39, 0.29) is 12.7 Å². The van der Waals surface area contributed by atoms with Crippen molar-refractivity contribution >= 4 is 6.09 Å². The van der Waals surface area contributed by atoms with E-state index in [9.17, 15) is 20.1 Å². The summed E-state index contributed by atoms with van der Waals surface area (Å²) in [4.78, 5) is 13.6. The van der Waals surface area contributed by atoms with E-state index in [0.29, 0.717) is 32.4 Å². The maximum Gasteiger partial charge on any atom is 0.410 e. The van der Waals surface area contributed by atoms with Gasteiger partial charge in [-0.1, -0.05) is 0 Å². The number of hydrogen-bond acceptors (Lipinski definition) is 5. The molecule has 0 spiro atoms. The first-order valence-electron chi connectivity index (χ1n) is 7.56. The van der Waals surface area contributed by atoms with Crippen LogP contribution in [0.5, 0.6) is 0 Å². The predicted octanol–water partition coefficient (Wildman–Crippen LogP) is 1.13. The van der Waals surface area contributed by atoms with Gasteiger partial charge in [-0.3, -0.25) is 0 Å². The fourth-order valence-corrected chi connectivity index (χ4v) is 2.89. The summed E-state index contributed by atoms with van der Waals surface area (Å²) in [5.41, 5.74) is -1.07. The Labute approximate surface area is 126 Å². The topological polar surface area (TPSA) is 90.2 Å². The molecule has 1 fully saturated rings. The molecule has 21 heavy (non-hydrogen) atoms. The van der Waals surface area contributed by atoms with E-state index >= 15 is 0 Å². The fourth-order valence-electron chi connectivity index (χ4n) is 2.89. The van der Waals surface area contributed by atoms with Crippen molar-refractivity contribution in [1.29, 1.82) is 0 Å². The van der Waals surface area contributed by atoms with Crippen molar-refractivity contribution in [1.82, 2.24) is 4.90 Å². The Morgan fingerprint density at radius 1 is 1.29 bits per heavy atom. The minimum absolute atomic E-state index is 0.0454. The zero-order valence-corrected chi connectivity index (χ0v) is 13.5. The number of likely N-dealkylation sites (tertiary alicyclic amines) is 1. The molecule has 1 amide bonds. The van der Waals surface area contributed by atoms with Gasteiger partial charge in [0.25, 0.3) is 0 Å². The summed E-state index contributed by atoms with van der Waals surface area (Å²) in [6.07, 6.45) is -0.611. The largest absolute Gasteiger partial charge is 0.444 e. The van der Waals surface area contributed by atoms with Crippen LogP contribution < -0.4 is 0 Å². The highest BCUT2D eigenvalue weighted by Gasteiger charge is 2.43. The molecule has 0 aromatic heterocycles. The van der Waals surface area contributed by atoms with Gasteiger partial charge in [0.2, 0.25) is 0 Å². The second-order valence-electron chi connectivity index (χ2n) is 6.99. The summed E-state index contributed by atoms with van der Waals surface area (Å²) in [6.45, 7) is 7.88. The number of nitrogens with zero attached hydrogens (tertiary/aromatic N) is 1. The molecule has 0 bridgehead atoms. The Hall–Kier alpha value is -0.850. The molecule has 0 aromatic carbocycles. The number of rotatable bonds is 4. The van der Waals surface area contributed by atoms with Crippen LogP contribution in [0.2, 0.25) is 0 Å². The second kappa shape index (κ2) is 6.94. The standard InChI is InChI=1S/C15H29NO5/c1-11(18)12(19)15(7-10-17)5-8-16(9-6-15)13(20)21-14(2,3)4/h11-12,17-19H,5-10H2,1-4H3/t11-,12?/m0/s1. The Balaban J connectivity index is 2.68. The van der Waals surface area contributed by atoms with Crippen molar-refractivity contribution in [3.05, 3.63) is 0 Å². The van der Waals surface area contributed by atoms with Crippen LogP contribution in [0.3, 0.4) is 0 Å². The van der Waals surface area contributed by atoms with Crippen LogP contribution in [0.4, 0.5) is 4.79 Å². The molecule has 0 aliphatic carbocycles. The van der Waals surface area contributed by atoms with Crippen molar-refractivity contribution in [3.8, 4) is 0 Å². The van der Waals surface area contributed by atoms with Crippen LogP contribution >= 0.6 is 0 Å². The lowest BCUT2D eigenvalue weighted by Gasteiger charge is -2.45. The van der Waals surface area contributed by atoms with Crippen LogP contribution in [0.15, 0.2) is 0 Å². The van der Waals surface area contributed by atoms with Gasteiger partial charge in [-0.25, -0.2) is 4.79 Å². The summed E-state index contributed by atoms with van der Waals surface area (Å²) in [7, 11) is 0. The van der Waals surface area contributed by atoms with Gasteiger partial charge in [0.1, 0.15) is 5.60 Å². The average molecular weight is 303 g/mol. The van der Waals surface area contributed by atoms with Crippen molar-refractivity contribution in [2.45, 2.75) is 64.8 Å². The van der Waals surface area contributed by atoms with E-state index < -0.39 is 23.2 Å². The number of carbonyl (C=O) groups excluding carboxylic acids is 1. The van der Waals surface area contributed by atoms with Gasteiger partial charge < -0.3 is 25.0 Å². The second-order valence-corrected chi connectivity index (χ2v) is 6.99. The Morgan fingerprint density at radius 2 is 1.81 bits per heavy atom. The van der Waals surface area contributed by atoms with E-state index in [2.05, 4.69) is 0 Å². The molecule has 0 saturated carbocycles. The van der Waals surface area contributed by atoms with Crippen LogP contribution in [0.1, 0.15) is 47.0 Å². The van der Waals surface area contributed by atoms with E-state index in [1.165, 1.54) is 0 Å². The molecular formula is C15H29NO5. The fraction of sp³-hybridized carbons (Fsp3) is 0.933. The Morgan fingerprint density at radius 3 is 2.19 bits per heavy atom. The van der Waals surface area contributed by atoms with E-state index in [0.717, 1.165) is 0 Å². The highest BCUT2D eigenvalue weighted by Crippen LogP contribution is 2.39. The van der Waals surface area contributed by atoms with Crippen LogP contribution in [0, 0.1) is 5.41 Å². The number of aliphatic hydroxyl groups is 3. The lowest BCUT2D eigenvalue weighted by Crippen LogP contribution is -2.52. The normalized spacial score (nSPS) is 21.8. The molecule has 1 saturated heterocycles. The van der Waals surface area contributed by atoms with E-state index in [4.69, 9.17) is 4.74 Å². The molecule has 6 nitrogen and oxygen atoms in total. The summed E-state index contributed by atoms with van der Waals surface area (Å²) < 4.78 is 5.34. The first kappa shape index (κ1) is 18.2. The number of amides is 1. The minimum Gasteiger partial charge on any atom is -0.444 e. The van der Waals surface area contributed by atoms with Crippen molar-refractivity contribution < 1.29 is 24.9 Å². The van der Waals surface area contributed by atoms with Crippen LogP contribution in [-0.4, -0.2) is 63.8 Å². The number of carbonyl (C=O) groups is 1. The Kier molecular flexibility index (Phi) is 6.01. The van der Waals surface area contributed by atoms with Gasteiger partial charge in [0, 0.05) is 25.1 Å². The third-order valence-electron chi connectivity index (χ3n) is 4.10. The molecule has 3 N–H and O–H groups in total. The molecular weight excluding hydrogens is 274 g/mol. The molecule has 1 unspecified atom stereocenters. The van der Waals surface area contributed by atoms with Gasteiger partial charge in [-0.15, -0.1) is 0 Å². The molecule has 124 valence electrons. The molecule has 0 radical (unpaired) electrons. The zero-order valence-electron chi connectivity index (χ0n) is 13.5. The van der Waals surface area contributed by atoms with E-state index in [1.807, 2.05) is 20.8 Å². The SMILES string of the molecule is C[C@H](O)C(O)C1(CCO)CCN(C(=O)OC(C)(C)C)CC1. The van der Waals surface area contributed by atoms with E-state index in [1.54, 1.807) is 11.8 Å². The van der Waals surface area contributed by atoms with Gasteiger partial charge >= 0.3 is 6.09 Å². The molecule has 1 heterocycles. The third-order valence-corrected chi connectivity index (χ3v) is 4.10. The summed E-state index contributed by atoms with van der Waals surface area (Å²) >= 11 is 0. The third kappa shape index (κ3) is 4.83. The minimum atomic E-state index is -0.898. The number of ether oxygens (including phenoxy) is 1. The average Bonchev–Trinajstić information content (AvgIpc) is 2.36. The number of piperidine rings is 1. The van der Waals surface area contributed by atoms with Crippen molar-refractivity contribution in [2.75, 3.05) is 19.7 Å². The quantitative estimate of drug-likeness (QED) is 0.724. The monoisotopic (exact) mass is 303 g/mol.